The summed E-state index contributed by atoms with van der Waals surface area (Å²) in [5, 5.41) is 20.1. The highest BCUT2D eigenvalue weighted by atomic mass is 32.2. The molecule has 33 heavy (non-hydrogen) atoms. The number of aliphatic hydroxyl groups is 1. The molecule has 2 aromatic heterocycles. The third-order valence-corrected chi connectivity index (χ3v) is 8.29. The Kier molecular flexibility index (Phi) is 5.68. The van der Waals surface area contributed by atoms with Gasteiger partial charge >= 0.3 is 0 Å². The fourth-order valence-electron chi connectivity index (χ4n) is 4.16. The van der Waals surface area contributed by atoms with E-state index in [-0.39, 0.29) is 11.5 Å². The monoisotopic (exact) mass is 479 g/mol. The van der Waals surface area contributed by atoms with Crippen molar-refractivity contribution in [1.82, 2.24) is 9.71 Å². The maximum atomic E-state index is 13.4. The van der Waals surface area contributed by atoms with E-state index < -0.39 is 16.1 Å². The first kappa shape index (κ1) is 21.7. The number of nitrogens with one attached hydrogen (secondary N) is 2. The maximum absolute atomic E-state index is 13.4. The largest absolute Gasteiger partial charge is 0.492 e. The molecule has 1 aliphatic rings. The van der Waals surface area contributed by atoms with Crippen LogP contribution in [0.25, 0.3) is 21.3 Å². The van der Waals surface area contributed by atoms with Crippen molar-refractivity contribution in [2.75, 3.05) is 13.2 Å². The highest BCUT2D eigenvalue weighted by Crippen LogP contribution is 2.39. The zero-order valence-electron chi connectivity index (χ0n) is 17.5. The molecule has 2 aromatic carbocycles. The number of thiophene rings is 1. The number of sulfonamides is 1. The van der Waals surface area contributed by atoms with E-state index in [1.807, 2.05) is 42.6 Å². The van der Waals surface area contributed by atoms with E-state index in [1.165, 1.54) is 11.3 Å². The molecule has 0 bridgehead atoms. The Labute approximate surface area is 195 Å². The van der Waals surface area contributed by atoms with Crippen LogP contribution < -0.4 is 9.46 Å². The molecule has 0 saturated heterocycles. The molecule has 168 valence electrons. The lowest BCUT2D eigenvalue weighted by molar-refractivity contribution is 0.256. The molecular weight excluding hydrogens is 458 g/mol. The highest BCUT2D eigenvalue weighted by molar-refractivity contribution is 7.89. The van der Waals surface area contributed by atoms with Gasteiger partial charge in [0.25, 0.3) is 0 Å². The van der Waals surface area contributed by atoms with Crippen LogP contribution in [0.5, 0.6) is 5.75 Å². The van der Waals surface area contributed by atoms with Crippen molar-refractivity contribution in [1.29, 1.82) is 5.26 Å². The second kappa shape index (κ2) is 8.65. The molecule has 0 fully saturated rings. The van der Waals surface area contributed by atoms with Gasteiger partial charge in [-0.05, 0) is 53.4 Å². The lowest BCUT2D eigenvalue weighted by atomic mass is 10.1. The SMILES string of the molecule is N#Cc1ccc(-c2cc3c(c(S(=O)(=O)NC(CO)Cc4c[nH]c5ccccc45)c2)OCC3)s1. The van der Waals surface area contributed by atoms with Gasteiger partial charge < -0.3 is 14.8 Å². The van der Waals surface area contributed by atoms with Gasteiger partial charge in [-0.3, -0.25) is 0 Å². The number of hydrogen-bond donors (Lipinski definition) is 3. The number of rotatable bonds is 7. The molecule has 7 nitrogen and oxygen atoms in total. The second-order valence-electron chi connectivity index (χ2n) is 7.90. The van der Waals surface area contributed by atoms with E-state index in [0.717, 1.165) is 32.5 Å². The topological polar surface area (TPSA) is 115 Å². The van der Waals surface area contributed by atoms with Gasteiger partial charge in [0, 0.05) is 34.4 Å². The average Bonchev–Trinajstić information content (AvgIpc) is 3.57. The number of fused-ring (bicyclic) bond motifs is 2. The second-order valence-corrected chi connectivity index (χ2v) is 10.7. The number of benzene rings is 2. The van der Waals surface area contributed by atoms with Crippen LogP contribution in [0.1, 0.15) is 16.0 Å². The van der Waals surface area contributed by atoms with Gasteiger partial charge in [-0.2, -0.15) is 5.26 Å². The summed E-state index contributed by atoms with van der Waals surface area (Å²) in [5.74, 6) is 0.354. The van der Waals surface area contributed by atoms with Crippen LogP contribution in [-0.2, 0) is 22.9 Å². The highest BCUT2D eigenvalue weighted by Gasteiger charge is 2.29. The Bertz CT molecular complexity index is 1480. The van der Waals surface area contributed by atoms with Crippen molar-refractivity contribution in [2.45, 2.75) is 23.8 Å². The molecule has 4 aromatic rings. The minimum atomic E-state index is -3.99. The molecule has 1 unspecified atom stereocenters. The Morgan fingerprint density at radius 1 is 1.24 bits per heavy atom. The average molecular weight is 480 g/mol. The van der Waals surface area contributed by atoms with E-state index in [1.54, 1.807) is 12.1 Å². The summed E-state index contributed by atoms with van der Waals surface area (Å²) in [6, 6.07) is 16.2. The van der Waals surface area contributed by atoms with E-state index >= 15 is 0 Å². The smallest absolute Gasteiger partial charge is 0.244 e. The lowest BCUT2D eigenvalue weighted by Crippen LogP contribution is -2.39. The van der Waals surface area contributed by atoms with Crippen molar-refractivity contribution in [3.05, 3.63) is 70.7 Å². The van der Waals surface area contributed by atoms with Gasteiger partial charge in [0.1, 0.15) is 21.6 Å². The lowest BCUT2D eigenvalue weighted by Gasteiger charge is -2.18. The normalized spacial score (nSPS) is 14.1. The Morgan fingerprint density at radius 3 is 2.88 bits per heavy atom. The number of aromatic amines is 1. The van der Waals surface area contributed by atoms with Gasteiger partial charge in [0.05, 0.1) is 13.2 Å². The van der Waals surface area contributed by atoms with Crippen LogP contribution in [0.3, 0.4) is 0 Å². The summed E-state index contributed by atoms with van der Waals surface area (Å²) in [6.45, 7) is 0.0614. The quantitative estimate of drug-likeness (QED) is 0.375. The third-order valence-electron chi connectivity index (χ3n) is 5.72. The number of hydrogen-bond acceptors (Lipinski definition) is 6. The Morgan fingerprint density at radius 2 is 2.09 bits per heavy atom. The first-order valence-corrected chi connectivity index (χ1v) is 12.8. The van der Waals surface area contributed by atoms with Crippen molar-refractivity contribution in [3.63, 3.8) is 0 Å². The Hall–Kier alpha value is -3.16. The predicted molar refractivity (Wildman–Crippen MR) is 127 cm³/mol. The molecule has 0 radical (unpaired) electrons. The molecule has 0 saturated carbocycles. The maximum Gasteiger partial charge on any atom is 0.244 e. The van der Waals surface area contributed by atoms with Crippen molar-refractivity contribution < 1.29 is 18.3 Å². The summed E-state index contributed by atoms with van der Waals surface area (Å²) >= 11 is 1.31. The summed E-state index contributed by atoms with van der Waals surface area (Å²) < 4.78 is 35.2. The third kappa shape index (κ3) is 4.14. The number of nitriles is 1. The molecule has 3 heterocycles. The molecule has 9 heteroatoms. The zero-order valence-corrected chi connectivity index (χ0v) is 19.2. The number of aliphatic hydroxyl groups excluding tert-OH is 1. The summed E-state index contributed by atoms with van der Waals surface area (Å²) in [6.07, 6.45) is 2.78. The molecule has 1 atom stereocenters. The van der Waals surface area contributed by atoms with Gasteiger partial charge in [0.2, 0.25) is 10.0 Å². The van der Waals surface area contributed by atoms with Crippen LogP contribution in [-0.4, -0.2) is 37.8 Å². The van der Waals surface area contributed by atoms with Crippen LogP contribution in [0.2, 0.25) is 0 Å². The zero-order chi connectivity index (χ0) is 23.0. The number of ether oxygens (including phenoxy) is 1. The molecule has 0 aliphatic carbocycles. The van der Waals surface area contributed by atoms with Gasteiger partial charge in [0.15, 0.2) is 0 Å². The summed E-state index contributed by atoms with van der Waals surface area (Å²) in [7, 11) is -3.99. The van der Waals surface area contributed by atoms with Crippen molar-refractivity contribution >= 4 is 32.3 Å². The fourth-order valence-corrected chi connectivity index (χ4v) is 6.39. The van der Waals surface area contributed by atoms with Crippen molar-refractivity contribution in [3.8, 4) is 22.3 Å². The molecule has 1 aliphatic heterocycles. The standard InChI is InChI=1S/C24H21N3O4S2/c25-12-19-5-6-22(32-19)16-9-15-7-8-31-24(15)23(11-16)33(29,30)27-18(14-28)10-17-13-26-21-4-2-1-3-20(17)21/h1-6,9,11,13,18,26-28H,7-8,10,14H2. The molecule has 0 amide bonds. The molecule has 5 rings (SSSR count). The van der Waals surface area contributed by atoms with E-state index in [4.69, 9.17) is 10.00 Å². The summed E-state index contributed by atoms with van der Waals surface area (Å²) in [4.78, 5) is 4.60. The van der Waals surface area contributed by atoms with E-state index in [0.29, 0.717) is 30.1 Å². The summed E-state index contributed by atoms with van der Waals surface area (Å²) in [5.41, 5.74) is 3.42. The number of nitrogens with zero attached hydrogens (tertiary/aromatic N) is 1. The van der Waals surface area contributed by atoms with Crippen LogP contribution >= 0.6 is 11.3 Å². The number of H-pyrrole nitrogens is 1. The van der Waals surface area contributed by atoms with E-state index in [2.05, 4.69) is 15.8 Å². The predicted octanol–water partition coefficient (Wildman–Crippen LogP) is 3.58. The van der Waals surface area contributed by atoms with Gasteiger partial charge in [-0.15, -0.1) is 11.3 Å². The molecule has 3 N–H and O–H groups in total. The van der Waals surface area contributed by atoms with E-state index in [9.17, 15) is 13.5 Å². The van der Waals surface area contributed by atoms with Gasteiger partial charge in [-0.25, -0.2) is 13.1 Å². The fraction of sp³-hybridized carbons (Fsp3) is 0.208. The minimum Gasteiger partial charge on any atom is -0.492 e. The van der Waals surface area contributed by atoms with Crippen LogP contribution in [0.4, 0.5) is 0 Å². The van der Waals surface area contributed by atoms with Gasteiger partial charge in [-0.1, -0.05) is 18.2 Å². The molecule has 0 spiro atoms. The van der Waals surface area contributed by atoms with Crippen LogP contribution in [0, 0.1) is 11.3 Å². The molecular formula is C24H21N3O4S2. The first-order chi connectivity index (χ1) is 16.0. The first-order valence-electron chi connectivity index (χ1n) is 10.5. The number of aromatic nitrogens is 1. The number of para-hydroxylation sites is 1. The van der Waals surface area contributed by atoms with Crippen molar-refractivity contribution in [2.24, 2.45) is 0 Å². The van der Waals surface area contributed by atoms with Crippen LogP contribution in [0.15, 0.2) is 59.6 Å². The minimum absolute atomic E-state index is 0.0526. The Balaban J connectivity index is 1.48.